The molecule has 0 fully saturated rings. The molecular formula is C4H8N2O2S2. The molecule has 1 N–H and O–H groups in total. The lowest BCUT2D eigenvalue weighted by molar-refractivity contribution is 0.588. The summed E-state index contributed by atoms with van der Waals surface area (Å²) in [5.41, 5.74) is 0. The number of rotatable bonds is 4. The number of sulfonamides is 1. The van der Waals surface area contributed by atoms with Crippen molar-refractivity contribution in [2.75, 3.05) is 19.3 Å². The molecule has 0 aromatic heterocycles. The van der Waals surface area contributed by atoms with E-state index in [-0.39, 0.29) is 12.3 Å². The lowest BCUT2D eigenvalue weighted by Gasteiger charge is -1.95. The highest BCUT2D eigenvalue weighted by atomic mass is 32.2. The Morgan fingerprint density at radius 2 is 2.30 bits per heavy atom. The van der Waals surface area contributed by atoms with Crippen LogP contribution in [0.3, 0.4) is 0 Å². The number of aliphatic imine (C=N–C) groups is 1. The average molecular weight is 180 g/mol. The smallest absolute Gasteiger partial charge is 0.213 e. The second-order valence-electron chi connectivity index (χ2n) is 1.50. The number of nitrogens with zero attached hydrogens (tertiary/aromatic N) is 1. The van der Waals surface area contributed by atoms with Gasteiger partial charge in [0.2, 0.25) is 10.0 Å². The van der Waals surface area contributed by atoms with Crippen LogP contribution in [0.25, 0.3) is 0 Å². The van der Waals surface area contributed by atoms with Gasteiger partial charge in [0.25, 0.3) is 0 Å². The SMILES string of the molecule is CNS(=O)(=O)CCN=C=S. The summed E-state index contributed by atoms with van der Waals surface area (Å²) in [5, 5.41) is 2.08. The van der Waals surface area contributed by atoms with Crippen molar-refractivity contribution in [3.63, 3.8) is 0 Å². The van der Waals surface area contributed by atoms with E-state index in [0.717, 1.165) is 0 Å². The zero-order valence-electron chi connectivity index (χ0n) is 5.49. The number of thiocarbonyl (C=S) groups is 1. The van der Waals surface area contributed by atoms with Gasteiger partial charge in [-0.05, 0) is 19.3 Å². The predicted octanol–water partition coefficient (Wildman–Crippen LogP) is -0.362. The molecule has 4 nitrogen and oxygen atoms in total. The molecule has 0 spiro atoms. The minimum absolute atomic E-state index is 0.0346. The molecule has 0 radical (unpaired) electrons. The van der Waals surface area contributed by atoms with E-state index in [9.17, 15) is 8.42 Å². The summed E-state index contributed by atoms with van der Waals surface area (Å²) in [6, 6.07) is 0. The van der Waals surface area contributed by atoms with Crippen molar-refractivity contribution in [3.05, 3.63) is 0 Å². The quantitative estimate of drug-likeness (QED) is 0.475. The molecule has 58 valence electrons. The Bertz CT molecular complexity index is 228. The first-order valence-corrected chi connectivity index (χ1v) is 4.63. The van der Waals surface area contributed by atoms with E-state index in [4.69, 9.17) is 0 Å². The van der Waals surface area contributed by atoms with Crippen LogP contribution in [0.2, 0.25) is 0 Å². The lowest BCUT2D eigenvalue weighted by Crippen LogP contribution is -2.23. The minimum atomic E-state index is -3.12. The van der Waals surface area contributed by atoms with Crippen molar-refractivity contribution in [3.8, 4) is 0 Å². The summed E-state index contributed by atoms with van der Waals surface area (Å²) in [5.74, 6) is -0.0346. The molecule has 0 aliphatic carbocycles. The van der Waals surface area contributed by atoms with Crippen LogP contribution in [0, 0.1) is 0 Å². The summed E-state index contributed by atoms with van der Waals surface area (Å²) in [4.78, 5) is 3.45. The van der Waals surface area contributed by atoms with E-state index < -0.39 is 10.0 Å². The molecule has 0 rings (SSSR count). The van der Waals surface area contributed by atoms with E-state index in [1.54, 1.807) is 0 Å². The molecule has 6 heteroatoms. The Morgan fingerprint density at radius 1 is 1.70 bits per heavy atom. The summed E-state index contributed by atoms with van der Waals surface area (Å²) in [6.07, 6.45) is 0. The van der Waals surface area contributed by atoms with E-state index in [1.807, 2.05) is 0 Å². The first kappa shape index (κ1) is 9.71. The fraction of sp³-hybridized carbons (Fsp3) is 0.750. The second-order valence-corrected chi connectivity index (χ2v) is 3.72. The Balaban J connectivity index is 3.80. The molecule has 0 aliphatic rings. The van der Waals surface area contributed by atoms with Gasteiger partial charge in [0.05, 0.1) is 17.5 Å². The Labute approximate surface area is 65.4 Å². The van der Waals surface area contributed by atoms with Crippen LogP contribution in [0.1, 0.15) is 0 Å². The topological polar surface area (TPSA) is 58.5 Å². The van der Waals surface area contributed by atoms with Gasteiger partial charge in [0, 0.05) is 0 Å². The molecule has 0 aromatic carbocycles. The van der Waals surface area contributed by atoms with Crippen molar-refractivity contribution in [1.82, 2.24) is 4.72 Å². The predicted molar refractivity (Wildman–Crippen MR) is 42.7 cm³/mol. The molecule has 0 heterocycles. The van der Waals surface area contributed by atoms with Gasteiger partial charge in [-0.2, -0.15) is 0 Å². The molecule has 0 bridgehead atoms. The molecule has 10 heavy (non-hydrogen) atoms. The van der Waals surface area contributed by atoms with Crippen LogP contribution in [0.4, 0.5) is 0 Å². The summed E-state index contributed by atoms with van der Waals surface area (Å²) in [7, 11) is -1.76. The Kier molecular flexibility index (Phi) is 4.38. The van der Waals surface area contributed by atoms with E-state index >= 15 is 0 Å². The molecule has 0 atom stereocenters. The van der Waals surface area contributed by atoms with Crippen LogP contribution in [-0.4, -0.2) is 32.9 Å². The van der Waals surface area contributed by atoms with Gasteiger partial charge in [-0.3, -0.25) is 0 Å². The van der Waals surface area contributed by atoms with Gasteiger partial charge in [-0.25, -0.2) is 18.1 Å². The zero-order chi connectivity index (χ0) is 8.04. The summed E-state index contributed by atoms with van der Waals surface area (Å²) < 4.78 is 23.4. The lowest BCUT2D eigenvalue weighted by atomic mass is 10.8. The van der Waals surface area contributed by atoms with E-state index in [1.165, 1.54) is 7.05 Å². The molecule has 0 saturated carbocycles. The zero-order valence-corrected chi connectivity index (χ0v) is 7.13. The molecular weight excluding hydrogens is 172 g/mol. The molecule has 0 aromatic rings. The van der Waals surface area contributed by atoms with E-state index in [2.05, 4.69) is 27.1 Å². The third-order valence-electron chi connectivity index (χ3n) is 0.847. The molecule has 0 unspecified atom stereocenters. The fourth-order valence-corrected chi connectivity index (χ4v) is 0.941. The van der Waals surface area contributed by atoms with Crippen LogP contribution in [0.15, 0.2) is 4.99 Å². The van der Waals surface area contributed by atoms with Crippen molar-refractivity contribution in [2.24, 2.45) is 4.99 Å². The number of nitrogens with one attached hydrogen (secondary N) is 1. The highest BCUT2D eigenvalue weighted by molar-refractivity contribution is 7.89. The normalized spacial score (nSPS) is 10.5. The van der Waals surface area contributed by atoms with Crippen molar-refractivity contribution >= 4 is 27.4 Å². The third kappa shape index (κ3) is 4.58. The van der Waals surface area contributed by atoms with Crippen molar-refractivity contribution in [1.29, 1.82) is 0 Å². The van der Waals surface area contributed by atoms with Gasteiger partial charge in [-0.15, -0.1) is 0 Å². The second kappa shape index (κ2) is 4.51. The highest BCUT2D eigenvalue weighted by Gasteiger charge is 2.03. The van der Waals surface area contributed by atoms with Gasteiger partial charge < -0.3 is 0 Å². The van der Waals surface area contributed by atoms with Gasteiger partial charge in [0.15, 0.2) is 0 Å². The van der Waals surface area contributed by atoms with Crippen LogP contribution < -0.4 is 4.72 Å². The fourth-order valence-electron chi connectivity index (χ4n) is 0.314. The third-order valence-corrected chi connectivity index (χ3v) is 2.32. The number of hydrogen-bond donors (Lipinski definition) is 1. The van der Waals surface area contributed by atoms with Gasteiger partial charge >= 0.3 is 0 Å². The summed E-state index contributed by atoms with van der Waals surface area (Å²) >= 11 is 4.24. The van der Waals surface area contributed by atoms with Gasteiger partial charge in [-0.1, -0.05) is 0 Å². The molecule has 0 amide bonds. The van der Waals surface area contributed by atoms with Crippen molar-refractivity contribution < 1.29 is 8.42 Å². The Hall–Kier alpha value is -0.290. The standard InChI is InChI=1S/C4H8N2O2S2/c1-5-10(7,8)3-2-6-4-9/h5H,2-3H2,1H3. The maximum atomic E-state index is 10.6. The maximum absolute atomic E-state index is 10.6. The first-order chi connectivity index (χ1) is 4.62. The minimum Gasteiger partial charge on any atom is -0.231 e. The number of isothiocyanates is 1. The van der Waals surface area contributed by atoms with Crippen LogP contribution in [-0.2, 0) is 10.0 Å². The number of hydrogen-bond acceptors (Lipinski definition) is 4. The molecule has 0 saturated heterocycles. The van der Waals surface area contributed by atoms with E-state index in [0.29, 0.717) is 0 Å². The van der Waals surface area contributed by atoms with Crippen molar-refractivity contribution in [2.45, 2.75) is 0 Å². The monoisotopic (exact) mass is 180 g/mol. The molecule has 0 aliphatic heterocycles. The largest absolute Gasteiger partial charge is 0.231 e. The Morgan fingerprint density at radius 3 is 2.70 bits per heavy atom. The van der Waals surface area contributed by atoms with Gasteiger partial charge in [0.1, 0.15) is 0 Å². The summed E-state index contributed by atoms with van der Waals surface area (Å²) in [6.45, 7) is 0.173. The highest BCUT2D eigenvalue weighted by Crippen LogP contribution is 1.80. The maximum Gasteiger partial charge on any atom is 0.213 e. The first-order valence-electron chi connectivity index (χ1n) is 2.57. The average Bonchev–Trinajstić information content (AvgIpc) is 1.89. The van der Waals surface area contributed by atoms with Crippen LogP contribution in [0.5, 0.6) is 0 Å². The van der Waals surface area contributed by atoms with Crippen LogP contribution >= 0.6 is 12.2 Å².